The zero-order valence-electron chi connectivity index (χ0n) is 11.5. The maximum Gasteiger partial charge on any atom is 0.0791 e. The van der Waals surface area contributed by atoms with Crippen LogP contribution in [0.15, 0.2) is 0 Å². The Labute approximate surface area is 105 Å². The molecule has 0 spiro atoms. The monoisotopic (exact) mass is 244 g/mol. The Morgan fingerprint density at radius 1 is 1.47 bits per heavy atom. The van der Waals surface area contributed by atoms with Crippen molar-refractivity contribution in [3.63, 3.8) is 0 Å². The van der Waals surface area contributed by atoms with Gasteiger partial charge in [-0.3, -0.25) is 4.90 Å². The Hall–Kier alpha value is -0.160. The summed E-state index contributed by atoms with van der Waals surface area (Å²) in [6, 6.07) is 0.433. The third-order valence-electron chi connectivity index (χ3n) is 3.10. The van der Waals surface area contributed by atoms with E-state index in [9.17, 15) is 5.11 Å². The van der Waals surface area contributed by atoms with Gasteiger partial charge in [0.2, 0.25) is 0 Å². The number of rotatable bonds is 7. The van der Waals surface area contributed by atoms with Crippen LogP contribution in [0.1, 0.15) is 33.6 Å². The molecule has 1 aliphatic rings. The molecule has 2 unspecified atom stereocenters. The highest BCUT2D eigenvalue weighted by atomic mass is 16.5. The molecule has 102 valence electrons. The minimum absolute atomic E-state index is 0.280. The van der Waals surface area contributed by atoms with Crippen molar-refractivity contribution in [1.29, 1.82) is 0 Å². The van der Waals surface area contributed by atoms with Crippen molar-refractivity contribution < 1.29 is 9.84 Å². The summed E-state index contributed by atoms with van der Waals surface area (Å²) in [4.78, 5) is 2.32. The summed E-state index contributed by atoms with van der Waals surface area (Å²) >= 11 is 0. The molecule has 1 aliphatic heterocycles. The summed E-state index contributed by atoms with van der Waals surface area (Å²) in [6.07, 6.45) is 2.41. The number of hydrogen-bond acceptors (Lipinski definition) is 4. The van der Waals surface area contributed by atoms with Gasteiger partial charge in [-0.15, -0.1) is 0 Å². The first kappa shape index (κ1) is 14.9. The second kappa shape index (κ2) is 8.03. The molecular formula is C13H28N2O2. The topological polar surface area (TPSA) is 44.7 Å². The van der Waals surface area contributed by atoms with Gasteiger partial charge in [0.15, 0.2) is 0 Å². The number of aliphatic hydroxyl groups excluding tert-OH is 1. The quantitative estimate of drug-likeness (QED) is 0.697. The van der Waals surface area contributed by atoms with Gasteiger partial charge >= 0.3 is 0 Å². The predicted molar refractivity (Wildman–Crippen MR) is 70.2 cm³/mol. The maximum atomic E-state index is 9.92. The van der Waals surface area contributed by atoms with Gasteiger partial charge in [-0.05, 0) is 26.3 Å². The second-order valence-electron chi connectivity index (χ2n) is 5.20. The van der Waals surface area contributed by atoms with Crippen LogP contribution in [-0.4, -0.2) is 61.0 Å². The normalized spacial score (nSPS) is 24.2. The highest BCUT2D eigenvalue weighted by Crippen LogP contribution is 2.13. The van der Waals surface area contributed by atoms with Crippen LogP contribution in [0, 0.1) is 0 Å². The van der Waals surface area contributed by atoms with Crippen molar-refractivity contribution in [2.75, 3.05) is 32.8 Å². The lowest BCUT2D eigenvalue weighted by molar-refractivity contribution is -0.00673. The first-order valence-corrected chi connectivity index (χ1v) is 6.87. The van der Waals surface area contributed by atoms with E-state index in [2.05, 4.69) is 24.1 Å². The lowest BCUT2D eigenvalue weighted by Crippen LogP contribution is -2.46. The van der Waals surface area contributed by atoms with Gasteiger partial charge in [-0.1, -0.05) is 13.8 Å². The zero-order chi connectivity index (χ0) is 12.7. The number of likely N-dealkylation sites (tertiary alicyclic amines) is 1. The van der Waals surface area contributed by atoms with Gasteiger partial charge < -0.3 is 15.2 Å². The predicted octanol–water partition coefficient (Wildman–Crippen LogP) is 0.846. The fourth-order valence-corrected chi connectivity index (χ4v) is 2.29. The molecule has 0 bridgehead atoms. The van der Waals surface area contributed by atoms with E-state index in [0.717, 1.165) is 32.7 Å². The van der Waals surface area contributed by atoms with Crippen LogP contribution in [-0.2, 0) is 4.74 Å². The zero-order valence-corrected chi connectivity index (χ0v) is 11.5. The Bertz CT molecular complexity index is 198. The van der Waals surface area contributed by atoms with Crippen LogP contribution in [0.3, 0.4) is 0 Å². The molecular weight excluding hydrogens is 216 g/mol. The third-order valence-corrected chi connectivity index (χ3v) is 3.10. The van der Waals surface area contributed by atoms with Gasteiger partial charge in [-0.25, -0.2) is 0 Å². The molecule has 1 fully saturated rings. The highest BCUT2D eigenvalue weighted by molar-refractivity contribution is 4.76. The number of nitrogens with one attached hydrogen (secondary N) is 1. The molecule has 0 aromatic carbocycles. The maximum absolute atomic E-state index is 9.92. The van der Waals surface area contributed by atoms with E-state index in [4.69, 9.17) is 4.74 Å². The van der Waals surface area contributed by atoms with Crippen LogP contribution in [0.25, 0.3) is 0 Å². The Morgan fingerprint density at radius 2 is 2.24 bits per heavy atom. The standard InChI is InChI=1S/C13H28N2O2/c1-4-17-13-6-5-7-15(10-13)9-12(16)8-14-11(2)3/h11-14,16H,4-10H2,1-3H3. The number of nitrogens with zero attached hydrogens (tertiary/aromatic N) is 1. The molecule has 1 saturated heterocycles. The summed E-state index contributed by atoms with van der Waals surface area (Å²) in [7, 11) is 0. The van der Waals surface area contributed by atoms with E-state index in [1.54, 1.807) is 0 Å². The molecule has 0 aromatic heterocycles. The molecule has 0 radical (unpaired) electrons. The average Bonchev–Trinajstić information content (AvgIpc) is 2.27. The summed E-state index contributed by atoms with van der Waals surface area (Å²) < 4.78 is 5.65. The third kappa shape index (κ3) is 6.36. The molecule has 4 nitrogen and oxygen atoms in total. The van der Waals surface area contributed by atoms with Crippen LogP contribution < -0.4 is 5.32 Å². The van der Waals surface area contributed by atoms with E-state index in [1.807, 2.05) is 6.92 Å². The van der Waals surface area contributed by atoms with E-state index < -0.39 is 0 Å². The Morgan fingerprint density at radius 3 is 2.88 bits per heavy atom. The summed E-state index contributed by atoms with van der Waals surface area (Å²) in [5.41, 5.74) is 0. The van der Waals surface area contributed by atoms with E-state index in [1.165, 1.54) is 6.42 Å². The van der Waals surface area contributed by atoms with Gasteiger partial charge in [0.25, 0.3) is 0 Å². The van der Waals surface area contributed by atoms with Crippen molar-refractivity contribution in [3.05, 3.63) is 0 Å². The molecule has 2 N–H and O–H groups in total. The van der Waals surface area contributed by atoms with Crippen LogP contribution >= 0.6 is 0 Å². The lowest BCUT2D eigenvalue weighted by atomic mass is 10.1. The Balaban J connectivity index is 2.20. The average molecular weight is 244 g/mol. The van der Waals surface area contributed by atoms with Crippen LogP contribution in [0.4, 0.5) is 0 Å². The Kier molecular flexibility index (Phi) is 7.04. The fourth-order valence-electron chi connectivity index (χ4n) is 2.29. The molecule has 1 heterocycles. The lowest BCUT2D eigenvalue weighted by Gasteiger charge is -2.33. The second-order valence-corrected chi connectivity index (χ2v) is 5.20. The van der Waals surface area contributed by atoms with Crippen molar-refractivity contribution in [2.45, 2.75) is 51.9 Å². The van der Waals surface area contributed by atoms with Gasteiger partial charge in [0.05, 0.1) is 12.2 Å². The van der Waals surface area contributed by atoms with E-state index in [-0.39, 0.29) is 6.10 Å². The van der Waals surface area contributed by atoms with Gasteiger partial charge in [-0.2, -0.15) is 0 Å². The highest BCUT2D eigenvalue weighted by Gasteiger charge is 2.21. The number of aliphatic hydroxyl groups is 1. The number of β-amino-alcohol motifs (C(OH)–C–C–N with tert-alkyl or cyclic N) is 1. The summed E-state index contributed by atoms with van der Waals surface area (Å²) in [6.45, 7) is 10.5. The molecule has 0 amide bonds. The molecule has 0 saturated carbocycles. The molecule has 4 heteroatoms. The van der Waals surface area contributed by atoms with Crippen LogP contribution in [0.5, 0.6) is 0 Å². The molecule has 2 atom stereocenters. The first-order chi connectivity index (χ1) is 8.11. The number of ether oxygens (including phenoxy) is 1. The minimum Gasteiger partial charge on any atom is -0.390 e. The fraction of sp³-hybridized carbons (Fsp3) is 1.00. The number of piperidine rings is 1. The molecule has 0 aromatic rings. The van der Waals surface area contributed by atoms with Crippen LogP contribution in [0.2, 0.25) is 0 Å². The minimum atomic E-state index is -0.280. The molecule has 17 heavy (non-hydrogen) atoms. The van der Waals surface area contributed by atoms with E-state index in [0.29, 0.717) is 18.7 Å². The van der Waals surface area contributed by atoms with Gasteiger partial charge in [0, 0.05) is 32.3 Å². The van der Waals surface area contributed by atoms with Gasteiger partial charge in [0.1, 0.15) is 0 Å². The van der Waals surface area contributed by atoms with Crippen molar-refractivity contribution in [2.24, 2.45) is 0 Å². The molecule has 1 rings (SSSR count). The summed E-state index contributed by atoms with van der Waals surface area (Å²) in [5, 5.41) is 13.2. The largest absolute Gasteiger partial charge is 0.390 e. The SMILES string of the molecule is CCOC1CCCN(CC(O)CNC(C)C)C1. The van der Waals surface area contributed by atoms with Crippen molar-refractivity contribution in [3.8, 4) is 0 Å². The van der Waals surface area contributed by atoms with Crippen molar-refractivity contribution in [1.82, 2.24) is 10.2 Å². The van der Waals surface area contributed by atoms with E-state index >= 15 is 0 Å². The first-order valence-electron chi connectivity index (χ1n) is 6.87. The van der Waals surface area contributed by atoms with Crippen molar-refractivity contribution >= 4 is 0 Å². The smallest absolute Gasteiger partial charge is 0.0791 e. The number of hydrogen-bond donors (Lipinski definition) is 2. The molecule has 0 aliphatic carbocycles. The summed E-state index contributed by atoms with van der Waals surface area (Å²) in [5.74, 6) is 0.